The summed E-state index contributed by atoms with van der Waals surface area (Å²) in [6.07, 6.45) is 0. The summed E-state index contributed by atoms with van der Waals surface area (Å²) < 4.78 is 10.4. The summed E-state index contributed by atoms with van der Waals surface area (Å²) in [6, 6.07) is 8.02. The minimum absolute atomic E-state index is 0.0962. The van der Waals surface area contributed by atoms with Crippen molar-refractivity contribution >= 4 is 11.9 Å². The molecule has 130 valence electrons. The maximum Gasteiger partial charge on any atom is 0.333 e. The third kappa shape index (κ3) is 6.03. The normalized spacial score (nSPS) is 12.8. The molecule has 0 amide bonds. The SMILES string of the molecule is C=C(C)C(=O)OCC(C)c1ccc(C(C)COC(=O)C(=C)C)cc1. The highest BCUT2D eigenvalue weighted by Gasteiger charge is 2.13. The lowest BCUT2D eigenvalue weighted by molar-refractivity contribution is -0.140. The average Bonchev–Trinajstić information content (AvgIpc) is 2.56. The largest absolute Gasteiger partial charge is 0.462 e. The number of carbonyl (C=O) groups is 2. The van der Waals surface area contributed by atoms with Crippen LogP contribution in [0, 0.1) is 0 Å². The van der Waals surface area contributed by atoms with Gasteiger partial charge in [0.05, 0.1) is 13.2 Å². The van der Waals surface area contributed by atoms with E-state index >= 15 is 0 Å². The van der Waals surface area contributed by atoms with Crippen LogP contribution < -0.4 is 0 Å². The number of rotatable bonds is 8. The molecule has 0 N–H and O–H groups in total. The first-order valence-corrected chi connectivity index (χ1v) is 7.97. The van der Waals surface area contributed by atoms with Crippen LogP contribution in [0.2, 0.25) is 0 Å². The summed E-state index contributed by atoms with van der Waals surface area (Å²) in [5, 5.41) is 0. The first-order valence-electron chi connectivity index (χ1n) is 7.97. The lowest BCUT2D eigenvalue weighted by Crippen LogP contribution is -2.12. The molecular formula is C20H26O4. The fraction of sp³-hybridized carbons (Fsp3) is 0.400. The molecule has 0 heterocycles. The van der Waals surface area contributed by atoms with E-state index in [4.69, 9.17) is 9.47 Å². The second kappa shape index (κ2) is 9.06. The van der Waals surface area contributed by atoms with E-state index in [0.29, 0.717) is 24.4 Å². The van der Waals surface area contributed by atoms with Crippen LogP contribution in [0.4, 0.5) is 0 Å². The van der Waals surface area contributed by atoms with Crippen LogP contribution in [0.25, 0.3) is 0 Å². The van der Waals surface area contributed by atoms with E-state index in [9.17, 15) is 9.59 Å². The predicted octanol–water partition coefficient (Wildman–Crippen LogP) is 4.13. The molecule has 4 heteroatoms. The maximum absolute atomic E-state index is 11.4. The smallest absolute Gasteiger partial charge is 0.333 e. The van der Waals surface area contributed by atoms with Crippen molar-refractivity contribution in [3.8, 4) is 0 Å². The van der Waals surface area contributed by atoms with E-state index in [-0.39, 0.29) is 23.8 Å². The zero-order chi connectivity index (χ0) is 18.3. The van der Waals surface area contributed by atoms with E-state index in [0.717, 1.165) is 11.1 Å². The number of carbonyl (C=O) groups excluding carboxylic acids is 2. The summed E-state index contributed by atoms with van der Waals surface area (Å²) in [5.74, 6) is -0.546. The molecule has 0 aromatic heterocycles. The third-order valence-corrected chi connectivity index (χ3v) is 3.70. The van der Waals surface area contributed by atoms with Crippen molar-refractivity contribution in [1.82, 2.24) is 0 Å². The number of ether oxygens (including phenoxy) is 2. The molecule has 24 heavy (non-hydrogen) atoms. The Hall–Kier alpha value is -2.36. The maximum atomic E-state index is 11.4. The molecule has 0 aliphatic rings. The van der Waals surface area contributed by atoms with Gasteiger partial charge in [0.1, 0.15) is 0 Å². The Kier molecular flexibility index (Phi) is 7.43. The first kappa shape index (κ1) is 19.7. The molecule has 0 spiro atoms. The average molecular weight is 330 g/mol. The number of hydrogen-bond donors (Lipinski definition) is 0. The quantitative estimate of drug-likeness (QED) is 0.531. The highest BCUT2D eigenvalue weighted by Crippen LogP contribution is 2.21. The van der Waals surface area contributed by atoms with E-state index in [2.05, 4.69) is 13.2 Å². The van der Waals surface area contributed by atoms with Crippen molar-refractivity contribution < 1.29 is 19.1 Å². The van der Waals surface area contributed by atoms with E-state index in [1.807, 2.05) is 38.1 Å². The summed E-state index contributed by atoms with van der Waals surface area (Å²) in [7, 11) is 0. The molecule has 0 aliphatic heterocycles. The Balaban J connectivity index is 2.58. The monoisotopic (exact) mass is 330 g/mol. The van der Waals surface area contributed by atoms with E-state index in [1.165, 1.54) is 0 Å². The van der Waals surface area contributed by atoms with Gasteiger partial charge in [-0.15, -0.1) is 0 Å². The topological polar surface area (TPSA) is 52.6 Å². The molecule has 0 bridgehead atoms. The Bertz CT molecular complexity index is 558. The minimum atomic E-state index is -0.369. The molecule has 4 nitrogen and oxygen atoms in total. The summed E-state index contributed by atoms with van der Waals surface area (Å²) in [4.78, 5) is 22.9. The van der Waals surface area contributed by atoms with Crippen molar-refractivity contribution in [3.63, 3.8) is 0 Å². The molecular weight excluding hydrogens is 304 g/mol. The summed E-state index contributed by atoms with van der Waals surface area (Å²) in [6.45, 7) is 15.0. The van der Waals surface area contributed by atoms with Gasteiger partial charge in [0.25, 0.3) is 0 Å². The van der Waals surface area contributed by atoms with Crippen LogP contribution in [0.3, 0.4) is 0 Å². The third-order valence-electron chi connectivity index (χ3n) is 3.70. The highest BCUT2D eigenvalue weighted by atomic mass is 16.5. The van der Waals surface area contributed by atoms with Crippen molar-refractivity contribution in [3.05, 3.63) is 59.7 Å². The fourth-order valence-electron chi connectivity index (χ4n) is 1.99. The zero-order valence-electron chi connectivity index (χ0n) is 14.9. The lowest BCUT2D eigenvalue weighted by atomic mass is 9.96. The molecule has 2 unspecified atom stereocenters. The standard InChI is InChI=1S/C20H26O4/c1-13(2)19(21)23-11-15(5)17-7-9-18(10-8-17)16(6)12-24-20(22)14(3)4/h7-10,15-16H,1,3,11-12H2,2,4-6H3. The van der Waals surface area contributed by atoms with Crippen molar-refractivity contribution in [2.24, 2.45) is 0 Å². The minimum Gasteiger partial charge on any atom is -0.462 e. The van der Waals surface area contributed by atoms with Gasteiger partial charge in [-0.2, -0.15) is 0 Å². The second-order valence-corrected chi connectivity index (χ2v) is 6.23. The van der Waals surface area contributed by atoms with Crippen LogP contribution in [0.15, 0.2) is 48.6 Å². The zero-order valence-corrected chi connectivity index (χ0v) is 14.9. The molecule has 0 radical (unpaired) electrons. The molecule has 2 atom stereocenters. The molecule has 0 fully saturated rings. The molecule has 1 aromatic rings. The number of benzene rings is 1. The molecule has 0 saturated heterocycles. The predicted molar refractivity (Wildman–Crippen MR) is 94.8 cm³/mol. The van der Waals surface area contributed by atoms with Crippen LogP contribution in [-0.4, -0.2) is 25.2 Å². The van der Waals surface area contributed by atoms with Gasteiger partial charge in [-0.05, 0) is 25.0 Å². The molecule has 0 aliphatic carbocycles. The van der Waals surface area contributed by atoms with Crippen LogP contribution >= 0.6 is 0 Å². The van der Waals surface area contributed by atoms with Gasteiger partial charge in [0.2, 0.25) is 0 Å². The van der Waals surface area contributed by atoms with Gasteiger partial charge in [-0.1, -0.05) is 51.3 Å². The van der Waals surface area contributed by atoms with Crippen LogP contribution in [0.1, 0.15) is 50.7 Å². The van der Waals surface area contributed by atoms with Crippen molar-refractivity contribution in [2.45, 2.75) is 39.5 Å². The summed E-state index contributed by atoms with van der Waals surface area (Å²) in [5.41, 5.74) is 2.96. The Labute approximate surface area is 144 Å². The molecule has 1 aromatic carbocycles. The number of esters is 2. The lowest BCUT2D eigenvalue weighted by Gasteiger charge is -2.16. The second-order valence-electron chi connectivity index (χ2n) is 6.23. The Morgan fingerprint density at radius 1 is 0.833 bits per heavy atom. The van der Waals surface area contributed by atoms with Gasteiger partial charge in [0, 0.05) is 23.0 Å². The van der Waals surface area contributed by atoms with Gasteiger partial charge < -0.3 is 9.47 Å². The van der Waals surface area contributed by atoms with Crippen LogP contribution in [0.5, 0.6) is 0 Å². The van der Waals surface area contributed by atoms with Gasteiger partial charge in [-0.3, -0.25) is 0 Å². The fourth-order valence-corrected chi connectivity index (χ4v) is 1.99. The summed E-state index contributed by atoms with van der Waals surface area (Å²) >= 11 is 0. The van der Waals surface area contributed by atoms with Crippen molar-refractivity contribution in [2.75, 3.05) is 13.2 Å². The number of hydrogen-bond acceptors (Lipinski definition) is 4. The Morgan fingerprint density at radius 2 is 1.12 bits per heavy atom. The van der Waals surface area contributed by atoms with E-state index < -0.39 is 0 Å². The molecule has 0 saturated carbocycles. The highest BCUT2D eigenvalue weighted by molar-refractivity contribution is 5.87. The van der Waals surface area contributed by atoms with Gasteiger partial charge in [-0.25, -0.2) is 9.59 Å². The van der Waals surface area contributed by atoms with Gasteiger partial charge >= 0.3 is 11.9 Å². The first-order chi connectivity index (χ1) is 11.2. The van der Waals surface area contributed by atoms with Crippen LogP contribution in [-0.2, 0) is 19.1 Å². The van der Waals surface area contributed by atoms with Crippen molar-refractivity contribution in [1.29, 1.82) is 0 Å². The Morgan fingerprint density at radius 3 is 1.38 bits per heavy atom. The molecule has 1 rings (SSSR count). The van der Waals surface area contributed by atoms with E-state index in [1.54, 1.807) is 13.8 Å². The van der Waals surface area contributed by atoms with Gasteiger partial charge in [0.15, 0.2) is 0 Å².